The number of aliphatic carboxylic acids is 1. The summed E-state index contributed by atoms with van der Waals surface area (Å²) >= 11 is 0. The third-order valence-corrected chi connectivity index (χ3v) is 2.56. The molecule has 2 rings (SSSR count). The minimum absolute atomic E-state index is 0.437. The molecule has 4 nitrogen and oxygen atoms in total. The average molecular weight is 220 g/mol. The largest absolute Gasteiger partial charge is 0.496 e. The Balaban J connectivity index is 2.55. The zero-order valence-corrected chi connectivity index (χ0v) is 9.06. The molecule has 0 amide bonds. The van der Waals surface area contributed by atoms with Crippen molar-refractivity contribution in [1.82, 2.24) is 0 Å². The zero-order valence-electron chi connectivity index (χ0n) is 9.06. The van der Waals surface area contributed by atoms with E-state index < -0.39 is 11.9 Å². The maximum atomic E-state index is 10.8. The molecule has 0 bridgehead atoms. The summed E-state index contributed by atoms with van der Waals surface area (Å²) in [6.07, 6.45) is 0. The second kappa shape index (κ2) is 3.89. The van der Waals surface area contributed by atoms with E-state index in [1.807, 2.05) is 6.07 Å². The number of benzene rings is 1. The molecule has 16 heavy (non-hydrogen) atoms. The first-order valence-corrected chi connectivity index (χ1v) is 4.92. The molecule has 2 aromatic rings. The van der Waals surface area contributed by atoms with Gasteiger partial charge < -0.3 is 14.3 Å². The summed E-state index contributed by atoms with van der Waals surface area (Å²) in [5.74, 6) is -0.438. The SMILES string of the molecule is COc1cccc2oc(C(C)C(=O)O)cc12. The third-order valence-electron chi connectivity index (χ3n) is 2.56. The third kappa shape index (κ3) is 1.62. The van der Waals surface area contributed by atoms with Gasteiger partial charge in [-0.15, -0.1) is 0 Å². The lowest BCUT2D eigenvalue weighted by atomic mass is 10.1. The minimum atomic E-state index is -0.905. The van der Waals surface area contributed by atoms with Gasteiger partial charge in [-0.25, -0.2) is 0 Å². The summed E-state index contributed by atoms with van der Waals surface area (Å²) < 4.78 is 10.6. The number of carboxylic acid groups (broad SMARTS) is 1. The van der Waals surface area contributed by atoms with E-state index in [-0.39, 0.29) is 0 Å². The summed E-state index contributed by atoms with van der Waals surface area (Å²) in [6.45, 7) is 1.59. The van der Waals surface area contributed by atoms with E-state index in [0.717, 1.165) is 5.39 Å². The van der Waals surface area contributed by atoms with Gasteiger partial charge >= 0.3 is 5.97 Å². The Kier molecular flexibility index (Phi) is 2.56. The van der Waals surface area contributed by atoms with Crippen LogP contribution in [0.3, 0.4) is 0 Å². The van der Waals surface area contributed by atoms with E-state index in [4.69, 9.17) is 14.3 Å². The topological polar surface area (TPSA) is 59.7 Å². The van der Waals surface area contributed by atoms with Gasteiger partial charge in [0.25, 0.3) is 0 Å². The summed E-state index contributed by atoms with van der Waals surface area (Å²) in [6, 6.07) is 7.12. The van der Waals surface area contributed by atoms with Crippen LogP contribution >= 0.6 is 0 Å². The smallest absolute Gasteiger partial charge is 0.313 e. The molecule has 1 heterocycles. The van der Waals surface area contributed by atoms with Gasteiger partial charge in [-0.3, -0.25) is 4.79 Å². The maximum absolute atomic E-state index is 10.8. The summed E-state index contributed by atoms with van der Waals surface area (Å²) in [4.78, 5) is 10.8. The van der Waals surface area contributed by atoms with Crippen LogP contribution < -0.4 is 4.74 Å². The van der Waals surface area contributed by atoms with Gasteiger partial charge in [0.05, 0.1) is 12.5 Å². The summed E-state index contributed by atoms with van der Waals surface area (Å²) in [7, 11) is 1.57. The number of hydrogen-bond donors (Lipinski definition) is 1. The first-order valence-electron chi connectivity index (χ1n) is 4.92. The highest BCUT2D eigenvalue weighted by atomic mass is 16.5. The Labute approximate surface area is 92.4 Å². The van der Waals surface area contributed by atoms with Crippen molar-refractivity contribution in [3.05, 3.63) is 30.0 Å². The number of furan rings is 1. The van der Waals surface area contributed by atoms with Crippen LogP contribution in [0.2, 0.25) is 0 Å². The second-order valence-electron chi connectivity index (χ2n) is 3.58. The number of ether oxygens (including phenoxy) is 1. The molecule has 0 aliphatic heterocycles. The predicted octanol–water partition coefficient (Wildman–Crippen LogP) is 2.63. The molecular formula is C12H12O4. The minimum Gasteiger partial charge on any atom is -0.496 e. The quantitative estimate of drug-likeness (QED) is 0.863. The van der Waals surface area contributed by atoms with Crippen LogP contribution in [0.1, 0.15) is 18.6 Å². The zero-order chi connectivity index (χ0) is 11.7. The first-order chi connectivity index (χ1) is 7.63. The van der Waals surface area contributed by atoms with Gasteiger partial charge in [0.2, 0.25) is 0 Å². The van der Waals surface area contributed by atoms with Crippen LogP contribution in [0.4, 0.5) is 0 Å². The molecule has 0 saturated carbocycles. The van der Waals surface area contributed by atoms with Crippen molar-refractivity contribution in [2.45, 2.75) is 12.8 Å². The molecular weight excluding hydrogens is 208 g/mol. The average Bonchev–Trinajstić information content (AvgIpc) is 2.70. The van der Waals surface area contributed by atoms with Crippen LogP contribution in [0.15, 0.2) is 28.7 Å². The molecule has 0 spiro atoms. The normalized spacial score (nSPS) is 12.6. The lowest BCUT2D eigenvalue weighted by Crippen LogP contribution is -2.05. The number of carboxylic acids is 1. The molecule has 0 aliphatic rings. The fraction of sp³-hybridized carbons (Fsp3) is 0.250. The molecule has 0 fully saturated rings. The van der Waals surface area contributed by atoms with Crippen LogP contribution in [0, 0.1) is 0 Å². The van der Waals surface area contributed by atoms with Crippen LogP contribution in [-0.4, -0.2) is 18.2 Å². The number of carbonyl (C=O) groups is 1. The highest BCUT2D eigenvalue weighted by Crippen LogP contribution is 2.31. The van der Waals surface area contributed by atoms with Gasteiger partial charge in [-0.2, -0.15) is 0 Å². The van der Waals surface area contributed by atoms with Crippen LogP contribution in [0.5, 0.6) is 5.75 Å². The Morgan fingerprint density at radius 3 is 2.88 bits per heavy atom. The lowest BCUT2D eigenvalue weighted by Gasteiger charge is -1.99. The maximum Gasteiger partial charge on any atom is 0.313 e. The van der Waals surface area contributed by atoms with Crippen molar-refractivity contribution < 1.29 is 19.1 Å². The standard InChI is InChI=1S/C12H12O4/c1-7(12(13)14)11-6-8-9(15-2)4-3-5-10(8)16-11/h3-7H,1-2H3,(H,13,14). The number of methoxy groups -OCH3 is 1. The van der Waals surface area contributed by atoms with Crippen LogP contribution in [-0.2, 0) is 4.79 Å². The fourth-order valence-corrected chi connectivity index (χ4v) is 1.57. The van der Waals surface area contributed by atoms with E-state index in [0.29, 0.717) is 17.1 Å². The molecule has 4 heteroatoms. The Morgan fingerprint density at radius 1 is 1.50 bits per heavy atom. The fourth-order valence-electron chi connectivity index (χ4n) is 1.57. The first kappa shape index (κ1) is 10.5. The van der Waals surface area contributed by atoms with Crippen molar-refractivity contribution in [3.8, 4) is 5.75 Å². The number of fused-ring (bicyclic) bond motifs is 1. The molecule has 1 aromatic heterocycles. The van der Waals surface area contributed by atoms with Crippen molar-refractivity contribution >= 4 is 16.9 Å². The Hall–Kier alpha value is -1.97. The van der Waals surface area contributed by atoms with E-state index in [9.17, 15) is 4.79 Å². The Bertz CT molecular complexity index is 527. The van der Waals surface area contributed by atoms with Gasteiger partial charge in [-0.1, -0.05) is 6.07 Å². The van der Waals surface area contributed by atoms with Gasteiger partial charge in [-0.05, 0) is 25.1 Å². The highest BCUT2D eigenvalue weighted by Gasteiger charge is 2.19. The van der Waals surface area contributed by atoms with Gasteiger partial charge in [0.15, 0.2) is 0 Å². The molecule has 1 aromatic carbocycles. The number of rotatable bonds is 3. The molecule has 1 atom stereocenters. The second-order valence-corrected chi connectivity index (χ2v) is 3.58. The molecule has 1 N–H and O–H groups in total. The van der Waals surface area contributed by atoms with E-state index in [2.05, 4.69) is 0 Å². The molecule has 1 unspecified atom stereocenters. The van der Waals surface area contributed by atoms with Crippen molar-refractivity contribution in [3.63, 3.8) is 0 Å². The van der Waals surface area contributed by atoms with E-state index >= 15 is 0 Å². The highest BCUT2D eigenvalue weighted by molar-refractivity contribution is 5.86. The summed E-state index contributed by atoms with van der Waals surface area (Å²) in [5, 5.41) is 9.69. The van der Waals surface area contributed by atoms with Crippen molar-refractivity contribution in [1.29, 1.82) is 0 Å². The number of hydrogen-bond acceptors (Lipinski definition) is 3. The molecule has 0 radical (unpaired) electrons. The van der Waals surface area contributed by atoms with E-state index in [1.54, 1.807) is 32.2 Å². The molecule has 0 saturated heterocycles. The van der Waals surface area contributed by atoms with Crippen molar-refractivity contribution in [2.24, 2.45) is 0 Å². The van der Waals surface area contributed by atoms with Gasteiger partial charge in [0.1, 0.15) is 23.0 Å². The monoisotopic (exact) mass is 220 g/mol. The Morgan fingerprint density at radius 2 is 2.25 bits per heavy atom. The summed E-state index contributed by atoms with van der Waals surface area (Å²) in [5.41, 5.74) is 0.641. The van der Waals surface area contributed by atoms with Gasteiger partial charge in [0, 0.05) is 0 Å². The predicted molar refractivity (Wildman–Crippen MR) is 58.8 cm³/mol. The molecule has 0 aliphatic carbocycles. The van der Waals surface area contributed by atoms with E-state index in [1.165, 1.54) is 0 Å². The van der Waals surface area contributed by atoms with Crippen LogP contribution in [0.25, 0.3) is 11.0 Å². The lowest BCUT2D eigenvalue weighted by molar-refractivity contribution is -0.138. The van der Waals surface area contributed by atoms with Crippen molar-refractivity contribution in [2.75, 3.05) is 7.11 Å². The molecule has 84 valence electrons.